The summed E-state index contributed by atoms with van der Waals surface area (Å²) in [5.74, 6) is -0.596. The number of hydrogen-bond donors (Lipinski definition) is 2. The van der Waals surface area contributed by atoms with E-state index < -0.39 is 71.9 Å². The van der Waals surface area contributed by atoms with Crippen molar-refractivity contribution >= 4 is 45.5 Å². The number of carbonyl (C=O) groups is 4. The number of esters is 2. The van der Waals surface area contributed by atoms with E-state index in [2.05, 4.69) is 16.9 Å². The number of benzene rings is 2. The quantitative estimate of drug-likeness (QED) is 0.0332. The number of phosphoric acid groups is 2. The fourth-order valence-corrected chi connectivity index (χ4v) is 7.39. The zero-order chi connectivity index (χ0) is 41.3. The summed E-state index contributed by atoms with van der Waals surface area (Å²) in [6.45, 7) is 9.01. The van der Waals surface area contributed by atoms with Gasteiger partial charge in [-0.15, -0.1) is 0 Å². The number of urea groups is 1. The Morgan fingerprint density at radius 3 is 1.95 bits per heavy atom. The van der Waals surface area contributed by atoms with Crippen molar-refractivity contribution in [1.82, 2.24) is 10.2 Å². The fourth-order valence-electron chi connectivity index (χ4n) is 4.77. The van der Waals surface area contributed by atoms with Gasteiger partial charge in [0.1, 0.15) is 23.6 Å². The van der Waals surface area contributed by atoms with Gasteiger partial charge in [0.25, 0.3) is 0 Å². The molecule has 1 heterocycles. The molecule has 1 fully saturated rings. The number of hydrogen-bond acceptors (Lipinski definition) is 14. The number of nitrogens with zero attached hydrogens (tertiary/aromatic N) is 2. The zero-order valence-electron chi connectivity index (χ0n) is 32.0. The first-order valence-electron chi connectivity index (χ1n) is 17.8. The first kappa shape index (κ1) is 46.1. The molecule has 2 aromatic rings. The van der Waals surface area contributed by atoms with Crippen molar-refractivity contribution in [3.8, 4) is 11.5 Å². The predicted octanol–water partition coefficient (Wildman–Crippen LogP) is 7.35. The minimum atomic E-state index is -5.15. The molecule has 0 aromatic heterocycles. The molecule has 2 N–H and O–H groups in total. The minimum Gasteiger partial charge on any atom is -0.448 e. The van der Waals surface area contributed by atoms with E-state index in [1.165, 1.54) is 74.3 Å². The van der Waals surface area contributed by atoms with Gasteiger partial charge in [0.05, 0.1) is 32.5 Å². The van der Waals surface area contributed by atoms with Gasteiger partial charge in [-0.05, 0) is 66.6 Å². The third-order valence-electron chi connectivity index (χ3n) is 7.78. The van der Waals surface area contributed by atoms with E-state index in [0.717, 1.165) is 12.8 Å². The van der Waals surface area contributed by atoms with Crippen molar-refractivity contribution in [3.05, 3.63) is 71.8 Å². The Bertz CT molecular complexity index is 1720. The second-order valence-corrected chi connectivity index (χ2v) is 15.6. The van der Waals surface area contributed by atoms with Gasteiger partial charge in [-0.2, -0.15) is 9.30 Å². The minimum absolute atomic E-state index is 0.0482. The molecule has 56 heavy (non-hydrogen) atoms. The van der Waals surface area contributed by atoms with E-state index in [0.29, 0.717) is 42.4 Å². The molecular weight excluding hydrogens is 776 g/mol. The molecule has 3 rings (SSSR count). The molecule has 3 amide bonds. The number of phosphoric ester groups is 2. The van der Waals surface area contributed by atoms with E-state index in [9.17, 15) is 33.2 Å². The van der Waals surface area contributed by atoms with Crippen molar-refractivity contribution in [1.29, 1.82) is 0 Å². The van der Waals surface area contributed by atoms with Crippen molar-refractivity contribution < 1.29 is 70.0 Å². The van der Waals surface area contributed by atoms with Crippen LogP contribution in [0, 0.1) is 0 Å². The highest BCUT2D eigenvalue weighted by atomic mass is 31.3. The lowest BCUT2D eigenvalue weighted by atomic mass is 10.2. The molecule has 0 saturated carbocycles. The van der Waals surface area contributed by atoms with Crippen LogP contribution in [0.4, 0.5) is 9.59 Å². The van der Waals surface area contributed by atoms with E-state index in [-0.39, 0.29) is 23.9 Å². The van der Waals surface area contributed by atoms with E-state index >= 15 is 0 Å². The summed E-state index contributed by atoms with van der Waals surface area (Å²) in [5, 5.41) is 2.56. The monoisotopic (exact) mass is 825 g/mol. The molecule has 3 unspecified atom stereocenters. The molecule has 3 atom stereocenters. The van der Waals surface area contributed by atoms with Crippen molar-refractivity contribution in [3.63, 3.8) is 0 Å². The van der Waals surface area contributed by atoms with Gasteiger partial charge in [0, 0.05) is 20.9 Å². The maximum atomic E-state index is 13.8. The normalized spacial score (nSPS) is 16.7. The molecular formula is C36H49N3O15P2. The lowest BCUT2D eigenvalue weighted by molar-refractivity contribution is -0.132. The number of carbonyl (C=O) groups excluding carboxylic acids is 4. The molecule has 0 bridgehead atoms. The Balaban J connectivity index is 1.62. The van der Waals surface area contributed by atoms with Crippen LogP contribution in [0.1, 0.15) is 77.3 Å². The highest BCUT2D eigenvalue weighted by Gasteiger charge is 2.40. The molecule has 0 aliphatic carbocycles. The number of unbranched alkanes of at least 4 members (excludes halogenated alkanes) is 2. The summed E-state index contributed by atoms with van der Waals surface area (Å²) in [5.41, 5.74) is 1.24. The van der Waals surface area contributed by atoms with Crippen LogP contribution in [0.15, 0.2) is 65.7 Å². The molecule has 2 aromatic carbocycles. The number of amidine groups is 1. The molecule has 308 valence electrons. The summed E-state index contributed by atoms with van der Waals surface area (Å²) in [6, 6.07) is 11.2. The lowest BCUT2D eigenvalue weighted by Gasteiger charge is -2.26. The van der Waals surface area contributed by atoms with E-state index in [4.69, 9.17) is 36.8 Å². The van der Waals surface area contributed by atoms with Crippen molar-refractivity contribution in [2.45, 2.75) is 91.8 Å². The summed E-state index contributed by atoms with van der Waals surface area (Å²) < 4.78 is 68.9. The standard InChI is InChI=1S/C36H49N3O15P2/c1-7-9-10-21-47-36(43)38-34(25(3)8-2)37-35(42)39(6)33-20-19-32(53-33)24-48-55(44,45)54-56(46,49-22-28-11-15-30(16-12-28)51-26(4)40)50-23-29-13-17-31(18-14-29)52-27(5)41/h11-18,32-33H,3,7-10,19-24H2,1-2,4-6H3,(H,44,45)(H,37,38,42,43). The van der Waals surface area contributed by atoms with E-state index in [1.54, 1.807) is 6.92 Å². The highest BCUT2D eigenvalue weighted by Crippen LogP contribution is 2.64. The first-order chi connectivity index (χ1) is 26.5. The average molecular weight is 826 g/mol. The van der Waals surface area contributed by atoms with Gasteiger partial charge in [0.15, 0.2) is 0 Å². The van der Waals surface area contributed by atoms with Gasteiger partial charge in [-0.25, -0.2) is 18.7 Å². The van der Waals surface area contributed by atoms with Crippen LogP contribution < -0.4 is 14.8 Å². The van der Waals surface area contributed by atoms with Gasteiger partial charge in [-0.1, -0.05) is 57.5 Å². The first-order valence-corrected chi connectivity index (χ1v) is 20.7. The number of amides is 3. The number of rotatable bonds is 20. The largest absolute Gasteiger partial charge is 0.484 e. The van der Waals surface area contributed by atoms with Crippen LogP contribution in [0.5, 0.6) is 11.5 Å². The molecule has 1 saturated heterocycles. The maximum absolute atomic E-state index is 13.8. The Hall–Kier alpha value is -4.25. The SMILES string of the molecule is C=C(CC)C(=NC(=O)OCCCCC)NC(=O)N(C)C1CCC(COP(=O)(O)OP(=O)(OCc2ccc(OC(C)=O)cc2)OCc2ccc(OC(C)=O)cc2)O1. The molecule has 0 radical (unpaired) electrons. The maximum Gasteiger partial charge on any atom is 0.484 e. The number of aliphatic imine (C=N–C) groups is 1. The van der Waals surface area contributed by atoms with Gasteiger partial charge >= 0.3 is 39.7 Å². The van der Waals surface area contributed by atoms with Crippen molar-refractivity contribution in [2.75, 3.05) is 20.3 Å². The van der Waals surface area contributed by atoms with E-state index in [1.807, 2.05) is 6.92 Å². The van der Waals surface area contributed by atoms with Crippen LogP contribution in [0.2, 0.25) is 0 Å². The molecule has 20 heteroatoms. The Morgan fingerprint density at radius 1 is 0.893 bits per heavy atom. The second kappa shape index (κ2) is 22.5. The Kier molecular flexibility index (Phi) is 18.5. The topological polar surface area (TPSA) is 224 Å². The summed E-state index contributed by atoms with van der Waals surface area (Å²) >= 11 is 0. The Morgan fingerprint density at radius 2 is 1.45 bits per heavy atom. The van der Waals surface area contributed by atoms with Gasteiger partial charge < -0.3 is 28.7 Å². The molecule has 0 spiro atoms. The number of nitrogens with one attached hydrogen (secondary N) is 1. The summed E-state index contributed by atoms with van der Waals surface area (Å²) in [7, 11) is -8.54. The predicted molar refractivity (Wildman–Crippen MR) is 201 cm³/mol. The molecule has 1 aliphatic heterocycles. The van der Waals surface area contributed by atoms with Crippen molar-refractivity contribution in [2.24, 2.45) is 4.99 Å². The molecule has 1 aliphatic rings. The summed E-state index contributed by atoms with van der Waals surface area (Å²) in [6.07, 6.45) is 1.10. The van der Waals surface area contributed by atoms with Gasteiger partial charge in [-0.3, -0.25) is 28.5 Å². The average Bonchev–Trinajstić information content (AvgIpc) is 3.63. The van der Waals surface area contributed by atoms with Gasteiger partial charge in [0.2, 0.25) is 0 Å². The third-order valence-corrected chi connectivity index (χ3v) is 10.8. The van der Waals surface area contributed by atoms with Crippen LogP contribution >= 0.6 is 15.6 Å². The van der Waals surface area contributed by atoms with Crippen LogP contribution in [-0.4, -0.2) is 72.3 Å². The smallest absolute Gasteiger partial charge is 0.448 e. The number of ether oxygens (including phenoxy) is 4. The van der Waals surface area contributed by atoms with Crippen LogP contribution in [0.25, 0.3) is 0 Å². The second-order valence-electron chi connectivity index (χ2n) is 12.4. The highest BCUT2D eigenvalue weighted by molar-refractivity contribution is 7.61. The van der Waals surface area contributed by atoms with Crippen LogP contribution in [0.3, 0.4) is 0 Å². The summed E-state index contributed by atoms with van der Waals surface area (Å²) in [4.78, 5) is 63.5. The Labute approximate surface area is 325 Å². The molecule has 18 nitrogen and oxygen atoms in total. The fraction of sp³-hybridized carbons (Fsp3) is 0.472. The zero-order valence-corrected chi connectivity index (χ0v) is 33.8. The lowest BCUT2D eigenvalue weighted by Crippen LogP contribution is -2.46. The van der Waals surface area contributed by atoms with Crippen LogP contribution in [-0.2, 0) is 59.3 Å². The third kappa shape index (κ3) is 16.5.